The number of hydrogen-bond donors (Lipinski definition) is 2. The molecular formula is C10H14N2O5S. The van der Waals surface area contributed by atoms with Crippen molar-refractivity contribution in [3.63, 3.8) is 0 Å². The lowest BCUT2D eigenvalue weighted by Crippen LogP contribution is -2.51. The van der Waals surface area contributed by atoms with Crippen LogP contribution >= 0.6 is 0 Å². The molecule has 7 nitrogen and oxygen atoms in total. The molecule has 1 saturated heterocycles. The van der Waals surface area contributed by atoms with Crippen LogP contribution in [0.1, 0.15) is 0 Å². The van der Waals surface area contributed by atoms with E-state index in [1.807, 2.05) is 0 Å². The molecule has 0 spiro atoms. The molecule has 1 aliphatic rings. The number of sulfonamides is 1. The van der Waals surface area contributed by atoms with Crippen molar-refractivity contribution in [2.45, 2.75) is 10.9 Å². The summed E-state index contributed by atoms with van der Waals surface area (Å²) in [4.78, 5) is 13.8. The Balaban J connectivity index is 2.42. The summed E-state index contributed by atoms with van der Waals surface area (Å²) in [5.41, 5.74) is -0.572. The Morgan fingerprint density at radius 1 is 1.56 bits per heavy atom. The van der Waals surface area contributed by atoms with Gasteiger partial charge in [-0.3, -0.25) is 4.79 Å². The van der Waals surface area contributed by atoms with E-state index in [4.69, 9.17) is 9.84 Å². The second-order valence-electron chi connectivity index (χ2n) is 3.90. The van der Waals surface area contributed by atoms with Crippen LogP contribution in [0.4, 0.5) is 0 Å². The van der Waals surface area contributed by atoms with Gasteiger partial charge < -0.3 is 14.8 Å². The SMILES string of the molecule is O=c1cc[nH]cc1S(=O)(=O)N1CCOCC1CO. The second kappa shape index (κ2) is 5.19. The van der Waals surface area contributed by atoms with Crippen LogP contribution in [-0.4, -0.2) is 55.2 Å². The third kappa shape index (κ3) is 2.32. The molecule has 8 heteroatoms. The zero-order valence-electron chi connectivity index (χ0n) is 9.57. The first-order chi connectivity index (χ1) is 8.57. The molecule has 0 radical (unpaired) electrons. The van der Waals surface area contributed by atoms with Gasteiger partial charge in [-0.25, -0.2) is 8.42 Å². The minimum atomic E-state index is -3.90. The predicted octanol–water partition coefficient (Wildman–Crippen LogP) is -1.24. The third-order valence-electron chi connectivity index (χ3n) is 2.76. The molecule has 0 bridgehead atoms. The molecule has 1 aliphatic heterocycles. The van der Waals surface area contributed by atoms with Gasteiger partial charge in [-0.05, 0) is 0 Å². The number of ether oxygens (including phenoxy) is 1. The number of nitrogens with zero attached hydrogens (tertiary/aromatic N) is 1. The fourth-order valence-electron chi connectivity index (χ4n) is 1.83. The normalized spacial score (nSPS) is 21.9. The summed E-state index contributed by atoms with van der Waals surface area (Å²) in [6.45, 7) is 0.160. The first-order valence-electron chi connectivity index (χ1n) is 5.45. The van der Waals surface area contributed by atoms with Crippen LogP contribution in [0.5, 0.6) is 0 Å². The summed E-state index contributed by atoms with van der Waals surface area (Å²) < 4.78 is 30.9. The Bertz CT molecular complexity index is 568. The third-order valence-corrected chi connectivity index (χ3v) is 4.73. The van der Waals surface area contributed by atoms with Crippen LogP contribution in [0, 0.1) is 0 Å². The van der Waals surface area contributed by atoms with Crippen LogP contribution in [0.3, 0.4) is 0 Å². The van der Waals surface area contributed by atoms with Crippen LogP contribution in [0.25, 0.3) is 0 Å². The van der Waals surface area contributed by atoms with Crippen LogP contribution in [0.2, 0.25) is 0 Å². The Labute approximate surface area is 104 Å². The average molecular weight is 274 g/mol. The summed E-state index contributed by atoms with van der Waals surface area (Å²) in [5.74, 6) is 0. The van der Waals surface area contributed by atoms with Gasteiger partial charge in [-0.2, -0.15) is 4.31 Å². The maximum absolute atomic E-state index is 12.3. The molecule has 18 heavy (non-hydrogen) atoms. The Morgan fingerprint density at radius 2 is 2.33 bits per heavy atom. The van der Waals surface area contributed by atoms with Crippen molar-refractivity contribution in [2.24, 2.45) is 0 Å². The van der Waals surface area contributed by atoms with E-state index in [9.17, 15) is 13.2 Å². The highest BCUT2D eigenvalue weighted by Crippen LogP contribution is 2.17. The van der Waals surface area contributed by atoms with E-state index in [-0.39, 0.29) is 31.3 Å². The van der Waals surface area contributed by atoms with Gasteiger partial charge in [0.1, 0.15) is 4.90 Å². The molecule has 2 N–H and O–H groups in total. The molecular weight excluding hydrogens is 260 g/mol. The van der Waals surface area contributed by atoms with Crippen LogP contribution in [-0.2, 0) is 14.8 Å². The number of aliphatic hydroxyl groups excluding tert-OH is 1. The van der Waals surface area contributed by atoms with Crippen LogP contribution < -0.4 is 5.43 Å². The number of aromatic amines is 1. The van der Waals surface area contributed by atoms with Crippen molar-refractivity contribution < 1.29 is 18.3 Å². The lowest BCUT2D eigenvalue weighted by Gasteiger charge is -2.33. The average Bonchev–Trinajstić information content (AvgIpc) is 2.39. The van der Waals surface area contributed by atoms with Gasteiger partial charge in [-0.1, -0.05) is 0 Å². The van der Waals surface area contributed by atoms with E-state index in [1.165, 1.54) is 6.20 Å². The first-order valence-corrected chi connectivity index (χ1v) is 6.89. The Kier molecular flexibility index (Phi) is 3.81. The summed E-state index contributed by atoms with van der Waals surface area (Å²) in [5, 5.41) is 9.17. The fraction of sp³-hybridized carbons (Fsp3) is 0.500. The summed E-state index contributed by atoms with van der Waals surface area (Å²) in [6.07, 6.45) is 2.52. The van der Waals surface area contributed by atoms with Gasteiger partial charge in [0.15, 0.2) is 0 Å². The number of aromatic nitrogens is 1. The molecule has 1 unspecified atom stereocenters. The van der Waals surface area contributed by atoms with E-state index >= 15 is 0 Å². The van der Waals surface area contributed by atoms with Gasteiger partial charge in [-0.15, -0.1) is 0 Å². The van der Waals surface area contributed by atoms with Crippen molar-refractivity contribution >= 4 is 10.0 Å². The Morgan fingerprint density at radius 3 is 3.00 bits per heavy atom. The molecule has 1 fully saturated rings. The van der Waals surface area contributed by atoms with Gasteiger partial charge in [0, 0.05) is 25.0 Å². The predicted molar refractivity (Wildman–Crippen MR) is 62.6 cm³/mol. The van der Waals surface area contributed by atoms with Crippen molar-refractivity contribution in [3.8, 4) is 0 Å². The monoisotopic (exact) mass is 274 g/mol. The van der Waals surface area contributed by atoms with Crippen LogP contribution in [0.15, 0.2) is 28.2 Å². The number of hydrogen-bond acceptors (Lipinski definition) is 5. The largest absolute Gasteiger partial charge is 0.395 e. The lowest BCUT2D eigenvalue weighted by molar-refractivity contribution is 0.0109. The van der Waals surface area contributed by atoms with Crippen molar-refractivity contribution in [3.05, 3.63) is 28.7 Å². The molecule has 1 aromatic heterocycles. The zero-order valence-corrected chi connectivity index (χ0v) is 10.4. The standard InChI is InChI=1S/C10H14N2O5S/c13-6-8-7-17-4-3-12(8)18(15,16)10-5-11-2-1-9(10)14/h1-2,5,8,13H,3-4,6-7H2,(H,11,14). The Hall–Kier alpha value is -1.22. The van der Waals surface area contributed by atoms with E-state index in [1.54, 1.807) is 0 Å². The number of morpholine rings is 1. The second-order valence-corrected chi connectivity index (χ2v) is 5.76. The number of rotatable bonds is 3. The minimum Gasteiger partial charge on any atom is -0.395 e. The number of aliphatic hydroxyl groups is 1. The molecule has 0 aliphatic carbocycles. The molecule has 0 amide bonds. The van der Waals surface area contributed by atoms with E-state index in [0.29, 0.717) is 0 Å². The molecule has 100 valence electrons. The van der Waals surface area contributed by atoms with Crippen molar-refractivity contribution in [1.29, 1.82) is 0 Å². The highest BCUT2D eigenvalue weighted by molar-refractivity contribution is 7.89. The lowest BCUT2D eigenvalue weighted by atomic mass is 10.3. The first kappa shape index (κ1) is 13.2. The fourth-order valence-corrected chi connectivity index (χ4v) is 3.46. The molecule has 0 aromatic carbocycles. The summed E-state index contributed by atoms with van der Waals surface area (Å²) >= 11 is 0. The minimum absolute atomic E-state index is 0.125. The highest BCUT2D eigenvalue weighted by Gasteiger charge is 2.34. The molecule has 2 rings (SSSR count). The molecule has 2 heterocycles. The molecule has 1 aromatic rings. The highest BCUT2D eigenvalue weighted by atomic mass is 32.2. The summed E-state index contributed by atoms with van der Waals surface area (Å²) in [6, 6.07) is 0.504. The topological polar surface area (TPSA) is 99.7 Å². The quantitative estimate of drug-likeness (QED) is 0.718. The van der Waals surface area contributed by atoms with E-state index < -0.39 is 21.5 Å². The smallest absolute Gasteiger partial charge is 0.248 e. The van der Waals surface area contributed by atoms with Gasteiger partial charge >= 0.3 is 0 Å². The van der Waals surface area contributed by atoms with Crippen molar-refractivity contribution in [2.75, 3.05) is 26.4 Å². The maximum Gasteiger partial charge on any atom is 0.248 e. The number of H-pyrrole nitrogens is 1. The van der Waals surface area contributed by atoms with Gasteiger partial charge in [0.2, 0.25) is 15.5 Å². The van der Waals surface area contributed by atoms with Gasteiger partial charge in [0.05, 0.1) is 25.9 Å². The van der Waals surface area contributed by atoms with Gasteiger partial charge in [0.25, 0.3) is 0 Å². The zero-order chi connectivity index (χ0) is 13.2. The summed E-state index contributed by atoms with van der Waals surface area (Å²) in [7, 11) is -3.90. The molecule has 0 saturated carbocycles. The van der Waals surface area contributed by atoms with E-state index in [2.05, 4.69) is 4.98 Å². The number of pyridine rings is 1. The van der Waals surface area contributed by atoms with Crippen molar-refractivity contribution in [1.82, 2.24) is 9.29 Å². The van der Waals surface area contributed by atoms with E-state index in [0.717, 1.165) is 16.6 Å². The maximum atomic E-state index is 12.3. The number of nitrogens with one attached hydrogen (secondary N) is 1. The molecule has 1 atom stereocenters.